The largest absolute Gasteiger partial charge is 0.374 e. The van der Waals surface area contributed by atoms with Gasteiger partial charge in [0.05, 0.1) is 0 Å². The third-order valence-electron chi connectivity index (χ3n) is 4.02. The summed E-state index contributed by atoms with van der Waals surface area (Å²) in [5.74, 6) is -2.50. The lowest BCUT2D eigenvalue weighted by atomic mass is 10.1. The molecule has 0 aromatic heterocycles. The van der Waals surface area contributed by atoms with Crippen LogP contribution in [0.4, 0.5) is 20.2 Å². The summed E-state index contributed by atoms with van der Waals surface area (Å²) in [7, 11) is 0. The molecule has 0 bridgehead atoms. The Morgan fingerprint density at radius 3 is 2.27 bits per heavy atom. The van der Waals surface area contributed by atoms with Gasteiger partial charge in [0.25, 0.3) is 5.91 Å². The third-order valence-corrected chi connectivity index (χ3v) is 4.02. The fraction of sp³-hybridized carbons (Fsp3) is 0.263. The smallest absolute Gasteiger partial charge is 0.251 e. The van der Waals surface area contributed by atoms with Crippen molar-refractivity contribution in [2.75, 3.05) is 10.6 Å². The highest BCUT2D eigenvalue weighted by Gasteiger charge is 2.23. The second kappa shape index (κ2) is 7.51. The average molecular weight is 359 g/mol. The van der Waals surface area contributed by atoms with Crippen molar-refractivity contribution in [1.29, 1.82) is 0 Å². The van der Waals surface area contributed by atoms with E-state index >= 15 is 0 Å². The SMILES string of the molecule is CC(Nc1ccc(C(=O)NC2CC2)cc1)C(=O)Nc1ccc(F)c(F)c1. The molecule has 1 unspecified atom stereocenters. The van der Waals surface area contributed by atoms with E-state index in [1.165, 1.54) is 6.07 Å². The number of amides is 2. The molecule has 0 saturated heterocycles. The summed E-state index contributed by atoms with van der Waals surface area (Å²) in [6, 6.07) is 9.62. The Morgan fingerprint density at radius 2 is 1.65 bits per heavy atom. The first-order valence-corrected chi connectivity index (χ1v) is 8.36. The zero-order valence-corrected chi connectivity index (χ0v) is 14.2. The van der Waals surface area contributed by atoms with Crippen LogP contribution in [-0.2, 0) is 4.79 Å². The summed E-state index contributed by atoms with van der Waals surface area (Å²) in [6.07, 6.45) is 2.05. The van der Waals surface area contributed by atoms with Gasteiger partial charge in [0.2, 0.25) is 5.91 Å². The van der Waals surface area contributed by atoms with Crippen LogP contribution in [0.25, 0.3) is 0 Å². The van der Waals surface area contributed by atoms with Crippen LogP contribution in [0.2, 0.25) is 0 Å². The highest BCUT2D eigenvalue weighted by Crippen LogP contribution is 2.20. The van der Waals surface area contributed by atoms with Crippen LogP contribution in [0, 0.1) is 11.6 Å². The predicted octanol–water partition coefficient (Wildman–Crippen LogP) is 3.30. The minimum atomic E-state index is -1.02. The highest BCUT2D eigenvalue weighted by atomic mass is 19.2. The zero-order valence-electron chi connectivity index (χ0n) is 14.2. The summed E-state index contributed by atoms with van der Waals surface area (Å²) in [6.45, 7) is 1.64. The molecule has 3 rings (SSSR count). The minimum Gasteiger partial charge on any atom is -0.374 e. The van der Waals surface area contributed by atoms with Gasteiger partial charge in [-0.15, -0.1) is 0 Å². The van der Waals surface area contributed by atoms with Crippen LogP contribution in [-0.4, -0.2) is 23.9 Å². The molecule has 0 radical (unpaired) electrons. The molecule has 3 N–H and O–H groups in total. The van der Waals surface area contributed by atoms with Crippen LogP contribution in [0.1, 0.15) is 30.1 Å². The van der Waals surface area contributed by atoms with Crippen molar-refractivity contribution in [3.05, 3.63) is 59.7 Å². The average Bonchev–Trinajstić information content (AvgIpc) is 3.42. The normalized spacial score (nSPS) is 14.4. The monoisotopic (exact) mass is 359 g/mol. The molecule has 1 aliphatic rings. The third kappa shape index (κ3) is 4.56. The first-order valence-electron chi connectivity index (χ1n) is 8.36. The van der Waals surface area contributed by atoms with E-state index in [0.29, 0.717) is 17.3 Å². The Labute approximate surface area is 149 Å². The van der Waals surface area contributed by atoms with Gasteiger partial charge in [0.1, 0.15) is 6.04 Å². The van der Waals surface area contributed by atoms with Crippen molar-refractivity contribution in [2.24, 2.45) is 0 Å². The Balaban J connectivity index is 1.56. The summed E-state index contributed by atoms with van der Waals surface area (Å²) in [5, 5.41) is 8.42. The van der Waals surface area contributed by atoms with Crippen molar-refractivity contribution >= 4 is 23.2 Å². The van der Waals surface area contributed by atoms with Crippen molar-refractivity contribution in [1.82, 2.24) is 5.32 Å². The number of carbonyl (C=O) groups is 2. The molecule has 26 heavy (non-hydrogen) atoms. The van der Waals surface area contributed by atoms with Crippen LogP contribution < -0.4 is 16.0 Å². The molecule has 1 atom stereocenters. The van der Waals surface area contributed by atoms with Gasteiger partial charge in [-0.2, -0.15) is 0 Å². The summed E-state index contributed by atoms with van der Waals surface area (Å²) >= 11 is 0. The lowest BCUT2D eigenvalue weighted by molar-refractivity contribution is -0.116. The van der Waals surface area contributed by atoms with E-state index < -0.39 is 23.6 Å². The molecule has 2 amide bonds. The maximum atomic E-state index is 13.2. The van der Waals surface area contributed by atoms with Crippen molar-refractivity contribution in [3.63, 3.8) is 0 Å². The second-order valence-corrected chi connectivity index (χ2v) is 6.31. The molecule has 0 aliphatic heterocycles. The van der Waals surface area contributed by atoms with Gasteiger partial charge in [-0.25, -0.2) is 8.78 Å². The Morgan fingerprint density at radius 1 is 1.00 bits per heavy atom. The summed E-state index contributed by atoms with van der Waals surface area (Å²) in [4.78, 5) is 24.1. The van der Waals surface area contributed by atoms with Gasteiger partial charge in [0, 0.05) is 29.0 Å². The molecule has 7 heteroatoms. The standard InChI is InChI=1S/C19H19F2N3O2/c1-11(18(25)24-15-8-9-16(20)17(21)10-15)22-13-4-2-12(3-5-13)19(26)23-14-6-7-14/h2-5,8-11,14,22H,6-7H2,1H3,(H,23,26)(H,24,25). The lowest BCUT2D eigenvalue weighted by Gasteiger charge is -2.15. The quantitative estimate of drug-likeness (QED) is 0.741. The van der Waals surface area contributed by atoms with Crippen LogP contribution in [0.15, 0.2) is 42.5 Å². The van der Waals surface area contributed by atoms with Crippen LogP contribution >= 0.6 is 0 Å². The van der Waals surface area contributed by atoms with E-state index in [0.717, 1.165) is 25.0 Å². The van der Waals surface area contributed by atoms with Crippen molar-refractivity contribution in [3.8, 4) is 0 Å². The van der Waals surface area contributed by atoms with E-state index in [2.05, 4.69) is 16.0 Å². The number of rotatable bonds is 6. The fourth-order valence-corrected chi connectivity index (χ4v) is 2.35. The number of hydrogen-bond acceptors (Lipinski definition) is 3. The topological polar surface area (TPSA) is 70.2 Å². The maximum absolute atomic E-state index is 13.2. The Hall–Kier alpha value is -2.96. The van der Waals surface area contributed by atoms with E-state index in [1.807, 2.05) is 0 Å². The van der Waals surface area contributed by atoms with E-state index in [-0.39, 0.29) is 11.6 Å². The van der Waals surface area contributed by atoms with Gasteiger partial charge in [-0.1, -0.05) is 0 Å². The van der Waals surface area contributed by atoms with Gasteiger partial charge < -0.3 is 16.0 Å². The van der Waals surface area contributed by atoms with Gasteiger partial charge in [-0.05, 0) is 56.2 Å². The Bertz CT molecular complexity index is 820. The van der Waals surface area contributed by atoms with Gasteiger partial charge >= 0.3 is 0 Å². The van der Waals surface area contributed by atoms with Gasteiger partial charge in [0.15, 0.2) is 11.6 Å². The number of anilines is 2. The number of nitrogens with one attached hydrogen (secondary N) is 3. The highest BCUT2D eigenvalue weighted by molar-refractivity contribution is 5.97. The maximum Gasteiger partial charge on any atom is 0.251 e. The number of hydrogen-bond donors (Lipinski definition) is 3. The molecular formula is C19H19F2N3O2. The minimum absolute atomic E-state index is 0.108. The van der Waals surface area contributed by atoms with Crippen LogP contribution in [0.3, 0.4) is 0 Å². The predicted molar refractivity (Wildman–Crippen MR) is 95.0 cm³/mol. The molecule has 0 heterocycles. The second-order valence-electron chi connectivity index (χ2n) is 6.31. The molecular weight excluding hydrogens is 340 g/mol. The lowest BCUT2D eigenvalue weighted by Crippen LogP contribution is -2.32. The first kappa shape index (κ1) is 17.8. The van der Waals surface area contributed by atoms with Crippen molar-refractivity contribution < 1.29 is 18.4 Å². The summed E-state index contributed by atoms with van der Waals surface area (Å²) in [5.41, 5.74) is 1.40. The molecule has 1 fully saturated rings. The molecule has 1 saturated carbocycles. The fourth-order valence-electron chi connectivity index (χ4n) is 2.35. The number of halogens is 2. The van der Waals surface area contributed by atoms with Crippen LogP contribution in [0.5, 0.6) is 0 Å². The van der Waals surface area contributed by atoms with Crippen molar-refractivity contribution in [2.45, 2.75) is 31.8 Å². The number of benzene rings is 2. The summed E-state index contributed by atoms with van der Waals surface area (Å²) < 4.78 is 26.1. The molecule has 5 nitrogen and oxygen atoms in total. The van der Waals surface area contributed by atoms with E-state index in [4.69, 9.17) is 0 Å². The Kier molecular flexibility index (Phi) is 5.16. The number of carbonyl (C=O) groups excluding carboxylic acids is 2. The van der Waals surface area contributed by atoms with E-state index in [9.17, 15) is 18.4 Å². The zero-order chi connectivity index (χ0) is 18.7. The van der Waals surface area contributed by atoms with Gasteiger partial charge in [-0.3, -0.25) is 9.59 Å². The molecule has 0 spiro atoms. The molecule has 1 aliphatic carbocycles. The molecule has 2 aromatic carbocycles. The first-order chi connectivity index (χ1) is 12.4. The van der Waals surface area contributed by atoms with E-state index in [1.54, 1.807) is 31.2 Å². The molecule has 2 aromatic rings. The molecule has 136 valence electrons.